The van der Waals surface area contributed by atoms with Crippen molar-refractivity contribution < 1.29 is 14.7 Å². The quantitative estimate of drug-likeness (QED) is 0.853. The van der Waals surface area contributed by atoms with Gasteiger partial charge in [0.15, 0.2) is 0 Å². The van der Waals surface area contributed by atoms with E-state index in [1.165, 1.54) is 11.3 Å². The molecule has 6 heteroatoms. The largest absolute Gasteiger partial charge is 0.480 e. The van der Waals surface area contributed by atoms with E-state index >= 15 is 0 Å². The second-order valence-electron chi connectivity index (χ2n) is 5.81. The van der Waals surface area contributed by atoms with Crippen LogP contribution >= 0.6 is 11.3 Å². The van der Waals surface area contributed by atoms with Gasteiger partial charge in [-0.05, 0) is 31.2 Å². The molecule has 1 fully saturated rings. The minimum absolute atomic E-state index is 0.0634. The van der Waals surface area contributed by atoms with Crippen LogP contribution in [0.1, 0.15) is 38.8 Å². The zero-order valence-electron chi connectivity index (χ0n) is 12.8. The maximum atomic E-state index is 12.4. The molecule has 0 radical (unpaired) electrons. The van der Waals surface area contributed by atoms with Gasteiger partial charge in [-0.15, -0.1) is 11.3 Å². The summed E-state index contributed by atoms with van der Waals surface area (Å²) in [6.07, 6.45) is 2.39. The van der Waals surface area contributed by atoms with Crippen molar-refractivity contribution in [1.29, 1.82) is 0 Å². The number of benzene rings is 1. The van der Waals surface area contributed by atoms with Crippen molar-refractivity contribution in [2.24, 2.45) is 5.92 Å². The van der Waals surface area contributed by atoms with Crippen LogP contribution in [0.4, 0.5) is 0 Å². The molecular formula is C17H18N2O3S. The Kier molecular flexibility index (Phi) is 4.43. The van der Waals surface area contributed by atoms with E-state index in [1.54, 1.807) is 6.92 Å². The average molecular weight is 330 g/mol. The van der Waals surface area contributed by atoms with Gasteiger partial charge < -0.3 is 10.4 Å². The van der Waals surface area contributed by atoms with Crippen LogP contribution in [-0.4, -0.2) is 28.0 Å². The highest BCUT2D eigenvalue weighted by molar-refractivity contribution is 7.13. The monoisotopic (exact) mass is 330 g/mol. The first-order valence-electron chi connectivity index (χ1n) is 7.58. The summed E-state index contributed by atoms with van der Waals surface area (Å²) in [6.45, 7) is 1.78. The number of hydrogen-bond donors (Lipinski definition) is 2. The molecular weight excluding hydrogens is 312 g/mol. The lowest BCUT2D eigenvalue weighted by Gasteiger charge is -2.12. The SMILES string of the molecule is Cc1nc(Cc2ccccc2)sc1C(=O)NC(C(=O)O)C1CC1. The Bertz CT molecular complexity index is 723. The first-order valence-corrected chi connectivity index (χ1v) is 8.40. The summed E-state index contributed by atoms with van der Waals surface area (Å²) in [5.74, 6) is -1.24. The lowest BCUT2D eigenvalue weighted by Crippen LogP contribution is -2.42. The summed E-state index contributed by atoms with van der Waals surface area (Å²) in [7, 11) is 0. The fraction of sp³-hybridized carbons (Fsp3) is 0.353. The van der Waals surface area contributed by atoms with Crippen LogP contribution in [-0.2, 0) is 11.2 Å². The summed E-state index contributed by atoms with van der Waals surface area (Å²) < 4.78 is 0. The van der Waals surface area contributed by atoms with Gasteiger partial charge in [0, 0.05) is 6.42 Å². The molecule has 23 heavy (non-hydrogen) atoms. The normalized spacial score (nSPS) is 15.2. The molecule has 5 nitrogen and oxygen atoms in total. The molecule has 2 aromatic rings. The van der Waals surface area contributed by atoms with Crippen LogP contribution in [0.25, 0.3) is 0 Å². The first-order chi connectivity index (χ1) is 11.0. The molecule has 0 bridgehead atoms. The van der Waals surface area contributed by atoms with Gasteiger partial charge in [0.2, 0.25) is 0 Å². The summed E-state index contributed by atoms with van der Waals surface area (Å²) in [5, 5.41) is 12.7. The molecule has 0 aliphatic heterocycles. The lowest BCUT2D eigenvalue weighted by molar-refractivity contribution is -0.139. The molecule has 1 saturated carbocycles. The third-order valence-corrected chi connectivity index (χ3v) is 5.05. The highest BCUT2D eigenvalue weighted by Gasteiger charge is 2.37. The van der Waals surface area contributed by atoms with E-state index in [0.29, 0.717) is 17.0 Å². The van der Waals surface area contributed by atoms with Crippen molar-refractivity contribution in [2.45, 2.75) is 32.2 Å². The van der Waals surface area contributed by atoms with E-state index in [-0.39, 0.29) is 11.8 Å². The average Bonchev–Trinajstić information content (AvgIpc) is 3.29. The lowest BCUT2D eigenvalue weighted by atomic mass is 10.2. The number of thiazole rings is 1. The molecule has 1 aromatic heterocycles. The van der Waals surface area contributed by atoms with Gasteiger partial charge in [-0.25, -0.2) is 9.78 Å². The molecule has 1 amide bonds. The summed E-state index contributed by atoms with van der Waals surface area (Å²) in [6, 6.07) is 9.14. The molecule has 2 N–H and O–H groups in total. The maximum Gasteiger partial charge on any atom is 0.326 e. The van der Waals surface area contributed by atoms with E-state index in [1.807, 2.05) is 30.3 Å². The highest BCUT2D eigenvalue weighted by atomic mass is 32.1. The summed E-state index contributed by atoms with van der Waals surface area (Å²) in [4.78, 5) is 28.6. The number of aryl methyl sites for hydroxylation is 1. The van der Waals surface area contributed by atoms with Crippen molar-refractivity contribution in [3.63, 3.8) is 0 Å². The fourth-order valence-corrected chi connectivity index (χ4v) is 3.53. The van der Waals surface area contributed by atoms with Gasteiger partial charge in [-0.1, -0.05) is 30.3 Å². The van der Waals surface area contributed by atoms with Gasteiger partial charge in [0.1, 0.15) is 10.9 Å². The van der Waals surface area contributed by atoms with Crippen LogP contribution < -0.4 is 5.32 Å². The number of carbonyl (C=O) groups excluding carboxylic acids is 1. The van der Waals surface area contributed by atoms with Gasteiger partial charge in [0.25, 0.3) is 5.91 Å². The van der Waals surface area contributed by atoms with Gasteiger partial charge in [-0.2, -0.15) is 0 Å². The predicted molar refractivity (Wildman–Crippen MR) is 87.7 cm³/mol. The third kappa shape index (κ3) is 3.76. The van der Waals surface area contributed by atoms with Crippen molar-refractivity contribution in [2.75, 3.05) is 0 Å². The summed E-state index contributed by atoms with van der Waals surface area (Å²) in [5.41, 5.74) is 1.79. The van der Waals surface area contributed by atoms with E-state index < -0.39 is 12.0 Å². The van der Waals surface area contributed by atoms with E-state index in [4.69, 9.17) is 0 Å². The van der Waals surface area contributed by atoms with Gasteiger partial charge in [-0.3, -0.25) is 4.79 Å². The molecule has 0 saturated heterocycles. The number of rotatable bonds is 6. The number of hydrogen-bond acceptors (Lipinski definition) is 4. The van der Waals surface area contributed by atoms with Crippen molar-refractivity contribution in [3.05, 3.63) is 51.5 Å². The zero-order valence-corrected chi connectivity index (χ0v) is 13.6. The number of carboxylic acids is 1. The van der Waals surface area contributed by atoms with Crippen molar-refractivity contribution in [1.82, 2.24) is 10.3 Å². The van der Waals surface area contributed by atoms with E-state index in [0.717, 1.165) is 23.4 Å². The molecule has 1 unspecified atom stereocenters. The van der Waals surface area contributed by atoms with Crippen LogP contribution in [0.5, 0.6) is 0 Å². The molecule has 1 aliphatic carbocycles. The Morgan fingerprint density at radius 1 is 1.35 bits per heavy atom. The third-order valence-electron chi connectivity index (χ3n) is 3.89. The zero-order chi connectivity index (χ0) is 16.4. The fourth-order valence-electron chi connectivity index (χ4n) is 2.53. The van der Waals surface area contributed by atoms with Gasteiger partial charge >= 0.3 is 5.97 Å². The van der Waals surface area contributed by atoms with E-state index in [9.17, 15) is 14.7 Å². The second-order valence-corrected chi connectivity index (χ2v) is 6.89. The molecule has 120 valence electrons. The smallest absolute Gasteiger partial charge is 0.326 e. The van der Waals surface area contributed by atoms with E-state index in [2.05, 4.69) is 10.3 Å². The van der Waals surface area contributed by atoms with Crippen LogP contribution in [0.15, 0.2) is 30.3 Å². The second kappa shape index (κ2) is 6.50. The van der Waals surface area contributed by atoms with Gasteiger partial charge in [0.05, 0.1) is 10.7 Å². The minimum Gasteiger partial charge on any atom is -0.480 e. The molecule has 1 heterocycles. The van der Waals surface area contributed by atoms with Crippen LogP contribution in [0, 0.1) is 12.8 Å². The number of carbonyl (C=O) groups is 2. The number of nitrogens with one attached hydrogen (secondary N) is 1. The molecule has 0 spiro atoms. The highest BCUT2D eigenvalue weighted by Crippen LogP contribution is 2.33. The molecule has 1 aliphatic rings. The summed E-state index contributed by atoms with van der Waals surface area (Å²) >= 11 is 1.33. The Morgan fingerprint density at radius 3 is 2.65 bits per heavy atom. The number of amides is 1. The Labute approximate surface area is 138 Å². The number of aromatic nitrogens is 1. The predicted octanol–water partition coefficient (Wildman–Crippen LogP) is 2.64. The Balaban J connectivity index is 1.72. The minimum atomic E-state index is -0.965. The van der Waals surface area contributed by atoms with Crippen LogP contribution in [0.2, 0.25) is 0 Å². The standard InChI is InChI=1S/C17H18N2O3S/c1-10-15(16(20)19-14(17(21)22)12-7-8-12)23-13(18-10)9-11-5-3-2-4-6-11/h2-6,12,14H,7-9H2,1H3,(H,19,20)(H,21,22). The van der Waals surface area contributed by atoms with Crippen molar-refractivity contribution >= 4 is 23.2 Å². The number of nitrogens with zero attached hydrogens (tertiary/aromatic N) is 1. The maximum absolute atomic E-state index is 12.4. The molecule has 1 atom stereocenters. The number of aliphatic carboxylic acids is 1. The number of carboxylic acid groups (broad SMARTS) is 1. The Hall–Kier alpha value is -2.21. The first kappa shape index (κ1) is 15.7. The molecule has 1 aromatic carbocycles. The molecule has 3 rings (SSSR count). The van der Waals surface area contributed by atoms with Crippen molar-refractivity contribution in [3.8, 4) is 0 Å². The Morgan fingerprint density at radius 2 is 2.04 bits per heavy atom. The van der Waals surface area contributed by atoms with Crippen LogP contribution in [0.3, 0.4) is 0 Å². The topological polar surface area (TPSA) is 79.3 Å².